The van der Waals surface area contributed by atoms with E-state index in [1.165, 1.54) is 12.1 Å². The molecule has 2 aromatic carbocycles. The van der Waals surface area contributed by atoms with Crippen LogP contribution < -0.4 is 4.72 Å². The molecule has 0 aliphatic carbocycles. The van der Waals surface area contributed by atoms with Crippen molar-refractivity contribution < 1.29 is 12.9 Å². The maximum absolute atomic E-state index is 12.3. The lowest BCUT2D eigenvalue weighted by atomic mass is 10.1. The molecule has 1 heterocycles. The summed E-state index contributed by atoms with van der Waals surface area (Å²) in [4.78, 5) is 4.30. The normalized spacial score (nSPS) is 11.6. The second-order valence-corrected chi connectivity index (χ2v) is 7.79. The summed E-state index contributed by atoms with van der Waals surface area (Å²) in [5, 5.41) is 4.28. The highest BCUT2D eigenvalue weighted by atomic mass is 35.5. The molecule has 6 nitrogen and oxygen atoms in total. The summed E-state index contributed by atoms with van der Waals surface area (Å²) < 4.78 is 32.2. The van der Waals surface area contributed by atoms with E-state index < -0.39 is 10.0 Å². The fourth-order valence-electron chi connectivity index (χ4n) is 2.21. The van der Waals surface area contributed by atoms with Crippen LogP contribution in [0, 0.1) is 13.8 Å². The van der Waals surface area contributed by atoms with Crippen molar-refractivity contribution in [1.29, 1.82) is 0 Å². The Morgan fingerprint density at radius 3 is 2.68 bits per heavy atom. The lowest BCUT2D eigenvalue weighted by Gasteiger charge is -2.06. The predicted molar refractivity (Wildman–Crippen MR) is 94.7 cm³/mol. The van der Waals surface area contributed by atoms with Gasteiger partial charge in [0.1, 0.15) is 0 Å². The standard InChI is InChI=1S/C17H16ClN3O3S/c1-11-4-3-5-13(8-11)17-20-16(24-21-17)10-19-25(22,23)14-7-6-12(2)15(18)9-14/h3-9,19H,10H2,1-2H3. The Hall–Kier alpha value is -2.22. The molecule has 3 rings (SSSR count). The van der Waals surface area contributed by atoms with E-state index in [0.717, 1.165) is 16.7 Å². The number of rotatable bonds is 5. The molecule has 0 spiro atoms. The summed E-state index contributed by atoms with van der Waals surface area (Å²) in [6.07, 6.45) is 0. The Bertz CT molecular complexity index is 1020. The van der Waals surface area contributed by atoms with Crippen LogP contribution in [0.5, 0.6) is 0 Å². The van der Waals surface area contributed by atoms with Crippen LogP contribution in [0.4, 0.5) is 0 Å². The van der Waals surface area contributed by atoms with Crippen LogP contribution in [0.3, 0.4) is 0 Å². The van der Waals surface area contributed by atoms with Crippen molar-refractivity contribution in [3.05, 3.63) is 64.5 Å². The van der Waals surface area contributed by atoms with Crippen molar-refractivity contribution in [2.24, 2.45) is 0 Å². The monoisotopic (exact) mass is 377 g/mol. The van der Waals surface area contributed by atoms with Crippen molar-refractivity contribution in [2.45, 2.75) is 25.3 Å². The van der Waals surface area contributed by atoms with E-state index in [1.54, 1.807) is 13.0 Å². The molecule has 3 aromatic rings. The van der Waals surface area contributed by atoms with Gasteiger partial charge in [0.15, 0.2) is 0 Å². The molecule has 1 N–H and O–H groups in total. The van der Waals surface area contributed by atoms with Gasteiger partial charge in [0.2, 0.25) is 21.7 Å². The van der Waals surface area contributed by atoms with E-state index in [1.807, 2.05) is 31.2 Å². The number of nitrogens with zero attached hydrogens (tertiary/aromatic N) is 2. The largest absolute Gasteiger partial charge is 0.338 e. The smallest absolute Gasteiger partial charge is 0.242 e. The first-order valence-corrected chi connectivity index (χ1v) is 9.37. The summed E-state index contributed by atoms with van der Waals surface area (Å²) >= 11 is 5.99. The lowest BCUT2D eigenvalue weighted by Crippen LogP contribution is -2.23. The zero-order valence-corrected chi connectivity index (χ0v) is 15.2. The second kappa shape index (κ2) is 6.95. The van der Waals surface area contributed by atoms with E-state index in [0.29, 0.717) is 10.8 Å². The molecule has 0 fully saturated rings. The highest BCUT2D eigenvalue weighted by Crippen LogP contribution is 2.20. The summed E-state index contributed by atoms with van der Waals surface area (Å²) in [6, 6.07) is 12.2. The molecule has 0 amide bonds. The lowest BCUT2D eigenvalue weighted by molar-refractivity contribution is 0.376. The van der Waals surface area contributed by atoms with E-state index in [-0.39, 0.29) is 17.3 Å². The highest BCUT2D eigenvalue weighted by Gasteiger charge is 2.17. The van der Waals surface area contributed by atoms with E-state index in [4.69, 9.17) is 16.1 Å². The van der Waals surface area contributed by atoms with Gasteiger partial charge in [-0.05, 0) is 37.6 Å². The van der Waals surface area contributed by atoms with Gasteiger partial charge < -0.3 is 4.52 Å². The Morgan fingerprint density at radius 1 is 1.16 bits per heavy atom. The van der Waals surface area contributed by atoms with Gasteiger partial charge in [-0.25, -0.2) is 13.1 Å². The molecule has 0 atom stereocenters. The summed E-state index contributed by atoms with van der Waals surface area (Å²) in [6.45, 7) is 3.66. The predicted octanol–water partition coefficient (Wildman–Crippen LogP) is 3.49. The van der Waals surface area contributed by atoms with Crippen molar-refractivity contribution in [1.82, 2.24) is 14.9 Å². The number of hydrogen-bond donors (Lipinski definition) is 1. The van der Waals surface area contributed by atoms with E-state index >= 15 is 0 Å². The zero-order chi connectivity index (χ0) is 18.0. The molecule has 0 radical (unpaired) electrons. The minimum absolute atomic E-state index is 0.0847. The SMILES string of the molecule is Cc1cccc(-c2noc(CNS(=O)(=O)c3ccc(C)c(Cl)c3)n2)c1. The van der Waals surface area contributed by atoms with Crippen LogP contribution in [-0.4, -0.2) is 18.6 Å². The Balaban J connectivity index is 1.74. The molecule has 8 heteroatoms. The van der Waals surface area contributed by atoms with Crippen LogP contribution in [0.2, 0.25) is 5.02 Å². The minimum atomic E-state index is -3.72. The van der Waals surface area contributed by atoms with Gasteiger partial charge in [-0.2, -0.15) is 4.98 Å². The quantitative estimate of drug-likeness (QED) is 0.735. The first-order valence-electron chi connectivity index (χ1n) is 7.50. The number of benzene rings is 2. The molecule has 0 saturated carbocycles. The summed E-state index contributed by atoms with van der Waals surface area (Å²) in [7, 11) is -3.72. The highest BCUT2D eigenvalue weighted by molar-refractivity contribution is 7.89. The molecular weight excluding hydrogens is 362 g/mol. The summed E-state index contributed by atoms with van der Waals surface area (Å²) in [5.74, 6) is 0.592. The Morgan fingerprint density at radius 2 is 1.96 bits per heavy atom. The molecule has 0 aliphatic rings. The number of halogens is 1. The number of aromatic nitrogens is 2. The third-order valence-corrected chi connectivity index (χ3v) is 5.42. The second-order valence-electron chi connectivity index (χ2n) is 5.62. The average Bonchev–Trinajstić information content (AvgIpc) is 3.05. The van der Waals surface area contributed by atoms with E-state index in [2.05, 4.69) is 14.9 Å². The molecule has 25 heavy (non-hydrogen) atoms. The van der Waals surface area contributed by atoms with Gasteiger partial charge in [0, 0.05) is 10.6 Å². The van der Waals surface area contributed by atoms with Crippen LogP contribution in [0.1, 0.15) is 17.0 Å². The van der Waals surface area contributed by atoms with Gasteiger partial charge in [-0.3, -0.25) is 0 Å². The molecule has 0 unspecified atom stereocenters. The minimum Gasteiger partial charge on any atom is -0.338 e. The number of sulfonamides is 1. The number of nitrogens with one attached hydrogen (secondary N) is 1. The first kappa shape index (κ1) is 17.6. The fourth-order valence-corrected chi connectivity index (χ4v) is 3.45. The van der Waals surface area contributed by atoms with E-state index in [9.17, 15) is 8.42 Å². The molecule has 1 aromatic heterocycles. The van der Waals surface area contributed by atoms with Crippen LogP contribution >= 0.6 is 11.6 Å². The van der Waals surface area contributed by atoms with Gasteiger partial charge in [0.25, 0.3) is 0 Å². The van der Waals surface area contributed by atoms with Gasteiger partial charge >= 0.3 is 0 Å². The molecular formula is C17H16ClN3O3S. The molecule has 0 aliphatic heterocycles. The summed E-state index contributed by atoms with van der Waals surface area (Å²) in [5.41, 5.74) is 2.68. The molecule has 130 valence electrons. The van der Waals surface area contributed by atoms with Gasteiger partial charge in [-0.1, -0.05) is 46.6 Å². The topological polar surface area (TPSA) is 85.1 Å². The molecule has 0 bridgehead atoms. The first-order chi connectivity index (χ1) is 11.8. The fraction of sp³-hybridized carbons (Fsp3) is 0.176. The number of hydrogen-bond acceptors (Lipinski definition) is 5. The average molecular weight is 378 g/mol. The van der Waals surface area contributed by atoms with Crippen molar-refractivity contribution in [3.63, 3.8) is 0 Å². The zero-order valence-electron chi connectivity index (χ0n) is 13.7. The Labute approximate surface area is 150 Å². The Kier molecular flexibility index (Phi) is 4.89. The van der Waals surface area contributed by atoms with Gasteiger partial charge in [-0.15, -0.1) is 0 Å². The molecule has 0 saturated heterocycles. The van der Waals surface area contributed by atoms with Crippen molar-refractivity contribution in [2.75, 3.05) is 0 Å². The van der Waals surface area contributed by atoms with Crippen molar-refractivity contribution in [3.8, 4) is 11.4 Å². The maximum atomic E-state index is 12.3. The maximum Gasteiger partial charge on any atom is 0.242 e. The van der Waals surface area contributed by atoms with Crippen molar-refractivity contribution >= 4 is 21.6 Å². The number of aryl methyl sites for hydroxylation is 2. The van der Waals surface area contributed by atoms with Crippen LogP contribution in [0.25, 0.3) is 11.4 Å². The third-order valence-electron chi connectivity index (χ3n) is 3.61. The van der Waals surface area contributed by atoms with Gasteiger partial charge in [0.05, 0.1) is 11.4 Å². The van der Waals surface area contributed by atoms with Crippen LogP contribution in [0.15, 0.2) is 51.9 Å². The third kappa shape index (κ3) is 4.07. The van der Waals surface area contributed by atoms with Crippen LogP contribution in [-0.2, 0) is 16.6 Å².